The molecule has 2 rings (SSSR count). The van der Waals surface area contributed by atoms with Crippen LogP contribution in [-0.4, -0.2) is 22.4 Å². The van der Waals surface area contributed by atoms with Gasteiger partial charge in [0.25, 0.3) is 0 Å². The molecule has 0 aliphatic carbocycles. The predicted octanol–water partition coefficient (Wildman–Crippen LogP) is 3.45. The van der Waals surface area contributed by atoms with Crippen LogP contribution in [0.3, 0.4) is 0 Å². The topological polar surface area (TPSA) is 44.1 Å². The van der Waals surface area contributed by atoms with E-state index in [1.54, 1.807) is 19.2 Å². The molecule has 100 valence electrons. The third-order valence-corrected chi connectivity index (χ3v) is 3.65. The summed E-state index contributed by atoms with van der Waals surface area (Å²) >= 11 is 1.38. The van der Waals surface area contributed by atoms with E-state index >= 15 is 0 Å². The summed E-state index contributed by atoms with van der Waals surface area (Å²) in [7, 11) is 0. The van der Waals surface area contributed by atoms with Gasteiger partial charge in [-0.05, 0) is 19.9 Å². The molecule has 4 nitrogen and oxygen atoms in total. The Balaban J connectivity index is 2.40. The molecule has 0 fully saturated rings. The second-order valence-corrected chi connectivity index (χ2v) is 4.80. The Morgan fingerprint density at radius 3 is 3.00 bits per heavy atom. The second-order valence-electron chi connectivity index (χ2n) is 3.89. The zero-order valence-electron chi connectivity index (χ0n) is 11.0. The van der Waals surface area contributed by atoms with E-state index in [9.17, 15) is 4.79 Å². The van der Waals surface area contributed by atoms with Crippen LogP contribution in [0.25, 0.3) is 17.3 Å². The van der Waals surface area contributed by atoms with E-state index in [1.807, 2.05) is 23.1 Å². The molecule has 0 aromatic carbocycles. The summed E-state index contributed by atoms with van der Waals surface area (Å²) in [5, 5.41) is 6.25. The molecule has 0 radical (unpaired) electrons. The molecule has 0 aliphatic heterocycles. The molecule has 0 amide bonds. The number of hydrogen-bond donors (Lipinski definition) is 0. The van der Waals surface area contributed by atoms with Crippen molar-refractivity contribution in [3.8, 4) is 11.3 Å². The number of carbonyl (C=O) groups excluding carboxylic acids is 1. The van der Waals surface area contributed by atoms with Crippen molar-refractivity contribution in [1.82, 2.24) is 9.78 Å². The number of nitrogens with zero attached hydrogens (tertiary/aromatic N) is 2. The fourth-order valence-electron chi connectivity index (χ4n) is 1.87. The van der Waals surface area contributed by atoms with E-state index in [4.69, 9.17) is 4.74 Å². The Morgan fingerprint density at radius 1 is 1.58 bits per heavy atom. The number of aryl methyl sites for hydroxylation is 1. The van der Waals surface area contributed by atoms with Gasteiger partial charge in [0.2, 0.25) is 0 Å². The van der Waals surface area contributed by atoms with Crippen molar-refractivity contribution in [2.24, 2.45) is 0 Å². The fraction of sp³-hybridized carbons (Fsp3) is 0.286. The van der Waals surface area contributed by atoms with Gasteiger partial charge in [-0.1, -0.05) is 12.7 Å². The van der Waals surface area contributed by atoms with Crippen LogP contribution in [0.15, 0.2) is 24.2 Å². The van der Waals surface area contributed by atoms with Crippen LogP contribution in [0.2, 0.25) is 0 Å². The minimum Gasteiger partial charge on any atom is -0.462 e. The van der Waals surface area contributed by atoms with Gasteiger partial charge in [0.05, 0.1) is 18.5 Å². The fourth-order valence-corrected chi connectivity index (χ4v) is 2.66. The van der Waals surface area contributed by atoms with Crippen LogP contribution in [0.5, 0.6) is 0 Å². The van der Waals surface area contributed by atoms with Crippen molar-refractivity contribution >= 4 is 23.4 Å². The first-order valence-electron chi connectivity index (χ1n) is 6.15. The minimum atomic E-state index is -0.276. The molecular weight excluding hydrogens is 260 g/mol. The average Bonchev–Trinajstić information content (AvgIpc) is 3.04. The molecule has 0 N–H and O–H groups in total. The zero-order valence-corrected chi connectivity index (χ0v) is 11.9. The monoisotopic (exact) mass is 276 g/mol. The third kappa shape index (κ3) is 2.61. The smallest absolute Gasteiger partial charge is 0.348 e. The average molecular weight is 276 g/mol. The highest BCUT2D eigenvalue weighted by Crippen LogP contribution is 2.29. The van der Waals surface area contributed by atoms with Crippen molar-refractivity contribution in [3.05, 3.63) is 34.7 Å². The molecule has 0 saturated heterocycles. The van der Waals surface area contributed by atoms with Gasteiger partial charge < -0.3 is 4.74 Å². The molecule has 5 heteroatoms. The van der Waals surface area contributed by atoms with E-state index in [0.717, 1.165) is 23.4 Å². The number of carbonyl (C=O) groups is 1. The van der Waals surface area contributed by atoms with E-state index in [0.29, 0.717) is 11.5 Å². The van der Waals surface area contributed by atoms with Crippen molar-refractivity contribution < 1.29 is 9.53 Å². The van der Waals surface area contributed by atoms with Gasteiger partial charge in [0.15, 0.2) is 0 Å². The van der Waals surface area contributed by atoms with Crippen LogP contribution in [0, 0.1) is 0 Å². The molecule has 0 aliphatic rings. The van der Waals surface area contributed by atoms with E-state index in [2.05, 4.69) is 11.7 Å². The first kappa shape index (κ1) is 13.5. The number of ether oxygens (including phenoxy) is 1. The molecule has 0 bridgehead atoms. The van der Waals surface area contributed by atoms with Crippen LogP contribution in [-0.2, 0) is 11.3 Å². The number of rotatable bonds is 5. The van der Waals surface area contributed by atoms with Gasteiger partial charge in [0.1, 0.15) is 4.88 Å². The first-order valence-corrected chi connectivity index (χ1v) is 7.03. The summed E-state index contributed by atoms with van der Waals surface area (Å²) in [6.07, 6.45) is 3.56. The highest BCUT2D eigenvalue weighted by atomic mass is 32.1. The summed E-state index contributed by atoms with van der Waals surface area (Å²) < 4.78 is 6.90. The van der Waals surface area contributed by atoms with Gasteiger partial charge in [-0.3, -0.25) is 4.68 Å². The maximum atomic E-state index is 11.7. The molecule has 0 atom stereocenters. The number of esters is 1. The van der Waals surface area contributed by atoms with Crippen LogP contribution >= 0.6 is 11.3 Å². The van der Waals surface area contributed by atoms with Crippen LogP contribution in [0.1, 0.15) is 29.1 Å². The second kappa shape index (κ2) is 5.84. The maximum Gasteiger partial charge on any atom is 0.348 e. The van der Waals surface area contributed by atoms with E-state index in [1.165, 1.54) is 11.3 Å². The molecule has 2 heterocycles. The summed E-state index contributed by atoms with van der Waals surface area (Å²) in [6.45, 7) is 8.78. The van der Waals surface area contributed by atoms with E-state index < -0.39 is 0 Å². The van der Waals surface area contributed by atoms with Crippen molar-refractivity contribution in [1.29, 1.82) is 0 Å². The molecule has 0 saturated carbocycles. The summed E-state index contributed by atoms with van der Waals surface area (Å²) in [6, 6.07) is 1.85. The summed E-state index contributed by atoms with van der Waals surface area (Å²) in [4.78, 5) is 12.3. The van der Waals surface area contributed by atoms with Crippen molar-refractivity contribution in [2.75, 3.05) is 6.61 Å². The summed E-state index contributed by atoms with van der Waals surface area (Å²) in [5.41, 5.74) is 2.93. The van der Waals surface area contributed by atoms with Gasteiger partial charge in [-0.25, -0.2) is 4.79 Å². The number of hydrogen-bond acceptors (Lipinski definition) is 4. The molecule has 19 heavy (non-hydrogen) atoms. The Morgan fingerprint density at radius 2 is 2.37 bits per heavy atom. The molecule has 2 aromatic heterocycles. The molecule has 2 aromatic rings. The van der Waals surface area contributed by atoms with Crippen molar-refractivity contribution in [3.63, 3.8) is 0 Å². The molecule has 0 unspecified atom stereocenters. The normalized spacial score (nSPS) is 10.4. The lowest BCUT2D eigenvalue weighted by Crippen LogP contribution is -2.02. The highest BCUT2D eigenvalue weighted by molar-refractivity contribution is 7.12. The minimum absolute atomic E-state index is 0.276. The van der Waals surface area contributed by atoms with Gasteiger partial charge in [-0.15, -0.1) is 11.3 Å². The third-order valence-electron chi connectivity index (χ3n) is 2.74. The lowest BCUT2D eigenvalue weighted by molar-refractivity contribution is 0.0532. The zero-order chi connectivity index (χ0) is 13.8. The Kier molecular flexibility index (Phi) is 4.16. The quantitative estimate of drug-likeness (QED) is 0.786. The first-order chi connectivity index (χ1) is 9.21. The Hall–Kier alpha value is -1.88. The lowest BCUT2D eigenvalue weighted by atomic mass is 10.1. The largest absolute Gasteiger partial charge is 0.462 e. The van der Waals surface area contributed by atoms with Gasteiger partial charge in [0, 0.05) is 23.1 Å². The number of aromatic nitrogens is 2. The van der Waals surface area contributed by atoms with Crippen LogP contribution in [0.4, 0.5) is 0 Å². The van der Waals surface area contributed by atoms with Gasteiger partial charge >= 0.3 is 5.97 Å². The predicted molar refractivity (Wildman–Crippen MR) is 77.3 cm³/mol. The maximum absolute atomic E-state index is 11.7. The highest BCUT2D eigenvalue weighted by Gasteiger charge is 2.15. The number of thiophene rings is 1. The molecule has 0 spiro atoms. The molecular formula is C14H16N2O2S. The standard InChI is InChI=1S/C14H16N2O2S/c1-4-10-8-15-16(5-2)13(10)11-7-12(19-9-11)14(17)18-6-3/h4,7-9H,1,5-6H2,2-3H3. The Bertz CT molecular complexity index is 598. The van der Waals surface area contributed by atoms with Crippen LogP contribution < -0.4 is 0 Å². The van der Waals surface area contributed by atoms with Crippen molar-refractivity contribution in [2.45, 2.75) is 20.4 Å². The summed E-state index contributed by atoms with van der Waals surface area (Å²) in [5.74, 6) is -0.276. The Labute approximate surface area is 116 Å². The van der Waals surface area contributed by atoms with E-state index in [-0.39, 0.29) is 5.97 Å². The SMILES string of the molecule is C=Cc1cnn(CC)c1-c1csc(C(=O)OCC)c1. The lowest BCUT2D eigenvalue weighted by Gasteiger charge is -2.03. The van der Waals surface area contributed by atoms with Gasteiger partial charge in [-0.2, -0.15) is 5.10 Å².